The SMILES string of the molecule is CCC(C#N)(CCSC(F)(F)F)S(=O)(=O)CCC(F)(F)C(F)(F)F. The Morgan fingerprint density at radius 1 is 1.00 bits per heavy atom. The van der Waals surface area contributed by atoms with Gasteiger partial charge in [-0.2, -0.15) is 40.4 Å². The van der Waals surface area contributed by atoms with Crippen molar-refractivity contribution >= 4 is 21.6 Å². The standard InChI is InChI=1S/C11H13F8NO2S2/c1-2-8(7-20,3-5-23-11(17,18)19)24(21,22)6-4-9(12,13)10(14,15)16/h2-6H2,1H3. The van der Waals surface area contributed by atoms with Gasteiger partial charge in [0.25, 0.3) is 0 Å². The molecule has 1 unspecified atom stereocenters. The second kappa shape index (κ2) is 7.63. The molecule has 0 aromatic rings. The van der Waals surface area contributed by atoms with Crippen molar-refractivity contribution in [2.45, 2.75) is 48.5 Å². The van der Waals surface area contributed by atoms with E-state index in [1.807, 2.05) is 0 Å². The number of sulfone groups is 1. The van der Waals surface area contributed by atoms with Crippen LogP contribution in [0.3, 0.4) is 0 Å². The molecule has 0 amide bonds. The van der Waals surface area contributed by atoms with Gasteiger partial charge in [-0.05, 0) is 12.8 Å². The highest BCUT2D eigenvalue weighted by atomic mass is 32.2. The molecule has 0 rings (SSSR count). The minimum Gasteiger partial charge on any atom is -0.227 e. The maximum Gasteiger partial charge on any atom is 0.453 e. The van der Waals surface area contributed by atoms with E-state index in [9.17, 15) is 43.5 Å². The minimum atomic E-state index is -5.96. The summed E-state index contributed by atoms with van der Waals surface area (Å²) in [5.74, 6) is -7.80. The fourth-order valence-corrected chi connectivity index (χ4v) is 4.41. The molecule has 1 atom stereocenters. The minimum absolute atomic E-state index is 0.540. The van der Waals surface area contributed by atoms with Gasteiger partial charge in [-0.1, -0.05) is 18.7 Å². The molecule has 0 fully saturated rings. The maximum absolute atomic E-state index is 12.8. The monoisotopic (exact) mass is 407 g/mol. The van der Waals surface area contributed by atoms with Gasteiger partial charge in [0.15, 0.2) is 14.6 Å². The molecular formula is C11H13F8NO2S2. The predicted octanol–water partition coefficient (Wildman–Crippen LogP) is 4.30. The summed E-state index contributed by atoms with van der Waals surface area (Å²) in [6.45, 7) is 1.13. The molecule has 0 bridgehead atoms. The number of rotatable bonds is 8. The van der Waals surface area contributed by atoms with Crippen LogP contribution in [-0.4, -0.2) is 42.3 Å². The van der Waals surface area contributed by atoms with E-state index >= 15 is 0 Å². The van der Waals surface area contributed by atoms with E-state index in [0.29, 0.717) is 0 Å². The van der Waals surface area contributed by atoms with Crippen molar-refractivity contribution in [1.29, 1.82) is 5.26 Å². The van der Waals surface area contributed by atoms with Crippen LogP contribution in [0.2, 0.25) is 0 Å². The fraction of sp³-hybridized carbons (Fsp3) is 0.909. The summed E-state index contributed by atoms with van der Waals surface area (Å²) in [5.41, 5.74) is -4.69. The van der Waals surface area contributed by atoms with E-state index in [1.54, 1.807) is 0 Å². The largest absolute Gasteiger partial charge is 0.453 e. The Morgan fingerprint density at radius 2 is 1.50 bits per heavy atom. The van der Waals surface area contributed by atoms with Crippen molar-refractivity contribution in [2.75, 3.05) is 11.5 Å². The summed E-state index contributed by atoms with van der Waals surface area (Å²) >= 11 is -0.609. The van der Waals surface area contributed by atoms with Crippen LogP contribution in [0.25, 0.3) is 0 Å². The van der Waals surface area contributed by atoms with Crippen molar-refractivity contribution in [3.63, 3.8) is 0 Å². The first-order valence-electron chi connectivity index (χ1n) is 6.32. The van der Waals surface area contributed by atoms with E-state index in [2.05, 4.69) is 0 Å². The van der Waals surface area contributed by atoms with Crippen LogP contribution in [0.5, 0.6) is 0 Å². The molecule has 0 aliphatic rings. The predicted molar refractivity (Wildman–Crippen MR) is 71.2 cm³/mol. The number of nitrogens with zero attached hydrogens (tertiary/aromatic N) is 1. The Kier molecular flexibility index (Phi) is 7.39. The van der Waals surface area contributed by atoms with Crippen molar-refractivity contribution in [3.8, 4) is 6.07 Å². The Labute approximate surface area is 137 Å². The van der Waals surface area contributed by atoms with Gasteiger partial charge in [0.2, 0.25) is 0 Å². The number of hydrogen-bond acceptors (Lipinski definition) is 4. The number of alkyl halides is 8. The Morgan fingerprint density at radius 3 is 1.83 bits per heavy atom. The first-order chi connectivity index (χ1) is 10.5. The van der Waals surface area contributed by atoms with E-state index in [4.69, 9.17) is 5.26 Å². The van der Waals surface area contributed by atoms with Crippen LogP contribution in [0.1, 0.15) is 26.2 Å². The van der Waals surface area contributed by atoms with Gasteiger partial charge < -0.3 is 0 Å². The average molecular weight is 407 g/mol. The lowest BCUT2D eigenvalue weighted by Gasteiger charge is -2.27. The zero-order valence-electron chi connectivity index (χ0n) is 12.1. The third-order valence-corrected chi connectivity index (χ3v) is 6.49. The molecule has 13 heteroatoms. The van der Waals surface area contributed by atoms with Gasteiger partial charge in [-0.3, -0.25) is 0 Å². The normalized spacial score (nSPS) is 16.5. The Hall–Kier alpha value is -0.770. The highest BCUT2D eigenvalue weighted by Crippen LogP contribution is 2.40. The quantitative estimate of drug-likeness (QED) is 0.563. The van der Waals surface area contributed by atoms with Gasteiger partial charge in [0.05, 0.1) is 11.8 Å². The van der Waals surface area contributed by atoms with Gasteiger partial charge >= 0.3 is 17.6 Å². The molecule has 0 saturated carbocycles. The van der Waals surface area contributed by atoms with E-state index < -0.39 is 74.7 Å². The number of nitriles is 1. The van der Waals surface area contributed by atoms with E-state index in [-0.39, 0.29) is 0 Å². The van der Waals surface area contributed by atoms with Crippen LogP contribution in [0.4, 0.5) is 35.1 Å². The van der Waals surface area contributed by atoms with Crippen molar-refractivity contribution in [3.05, 3.63) is 0 Å². The van der Waals surface area contributed by atoms with Crippen molar-refractivity contribution in [1.82, 2.24) is 0 Å². The van der Waals surface area contributed by atoms with Crippen molar-refractivity contribution < 1.29 is 43.5 Å². The second-order valence-corrected chi connectivity index (χ2v) is 8.35. The molecule has 24 heavy (non-hydrogen) atoms. The summed E-state index contributed by atoms with van der Waals surface area (Å²) < 4.78 is 120. The van der Waals surface area contributed by atoms with Crippen molar-refractivity contribution in [2.24, 2.45) is 0 Å². The molecule has 0 aromatic heterocycles. The van der Waals surface area contributed by atoms with Crippen LogP contribution in [0.15, 0.2) is 0 Å². The van der Waals surface area contributed by atoms with Gasteiger partial charge in [-0.15, -0.1) is 0 Å². The molecule has 3 nitrogen and oxygen atoms in total. The van der Waals surface area contributed by atoms with Gasteiger partial charge in [0, 0.05) is 12.2 Å². The van der Waals surface area contributed by atoms with Gasteiger partial charge in [-0.25, -0.2) is 8.42 Å². The highest BCUT2D eigenvalue weighted by molar-refractivity contribution is 8.00. The lowest BCUT2D eigenvalue weighted by molar-refractivity contribution is -0.282. The summed E-state index contributed by atoms with van der Waals surface area (Å²) in [4.78, 5) is 0. The molecular weight excluding hydrogens is 394 g/mol. The molecule has 0 saturated heterocycles. The van der Waals surface area contributed by atoms with E-state index in [0.717, 1.165) is 6.92 Å². The van der Waals surface area contributed by atoms with E-state index in [1.165, 1.54) is 6.07 Å². The Balaban J connectivity index is 5.26. The summed E-state index contributed by atoms with van der Waals surface area (Å²) in [5, 5.41) is 9.00. The molecule has 0 radical (unpaired) electrons. The third-order valence-electron chi connectivity index (χ3n) is 3.24. The van der Waals surface area contributed by atoms with Crippen LogP contribution in [0, 0.1) is 11.3 Å². The van der Waals surface area contributed by atoms with Crippen LogP contribution < -0.4 is 0 Å². The zero-order chi connectivity index (χ0) is 19.4. The molecule has 142 valence electrons. The third kappa shape index (κ3) is 5.94. The molecule has 0 aliphatic heterocycles. The molecule has 0 aromatic carbocycles. The first kappa shape index (κ1) is 23.2. The smallest absolute Gasteiger partial charge is 0.227 e. The summed E-state index contributed by atoms with van der Waals surface area (Å²) in [6.07, 6.45) is -9.45. The molecule has 0 spiro atoms. The maximum atomic E-state index is 12.8. The zero-order valence-corrected chi connectivity index (χ0v) is 13.8. The van der Waals surface area contributed by atoms with Crippen LogP contribution in [-0.2, 0) is 9.84 Å². The lowest BCUT2D eigenvalue weighted by atomic mass is 10.0. The Bertz CT molecular complexity index is 564. The van der Waals surface area contributed by atoms with Gasteiger partial charge in [0.1, 0.15) is 0 Å². The topological polar surface area (TPSA) is 57.9 Å². The summed E-state index contributed by atoms with van der Waals surface area (Å²) in [7, 11) is -4.82. The first-order valence-corrected chi connectivity index (χ1v) is 8.96. The molecule has 0 aliphatic carbocycles. The average Bonchev–Trinajstić information content (AvgIpc) is 2.39. The van der Waals surface area contributed by atoms with Crippen LogP contribution >= 0.6 is 11.8 Å². The fourth-order valence-electron chi connectivity index (χ4n) is 1.69. The number of thioether (sulfide) groups is 1. The molecule has 0 N–H and O–H groups in total. The summed E-state index contributed by atoms with van der Waals surface area (Å²) in [6, 6.07) is 1.27. The number of hydrogen-bond donors (Lipinski definition) is 0. The highest BCUT2D eigenvalue weighted by Gasteiger charge is 2.58. The molecule has 0 heterocycles. The lowest BCUT2D eigenvalue weighted by Crippen LogP contribution is -2.43. The number of halogens is 8. The second-order valence-electron chi connectivity index (χ2n) is 4.77.